The van der Waals surface area contributed by atoms with Crippen LogP contribution in [0.25, 0.3) is 11.1 Å². The maximum atomic E-state index is 11.9. The fourth-order valence-corrected chi connectivity index (χ4v) is 2.35. The summed E-state index contributed by atoms with van der Waals surface area (Å²) in [6.45, 7) is 0. The number of para-hydroxylation sites is 1. The van der Waals surface area contributed by atoms with Gasteiger partial charge in [-0.3, -0.25) is 14.9 Å². The molecular weight excluding hydrogens is 336 g/mol. The Morgan fingerprint density at radius 2 is 1.84 bits per heavy atom. The van der Waals surface area contributed by atoms with Gasteiger partial charge >= 0.3 is 11.9 Å². The van der Waals surface area contributed by atoms with Crippen molar-refractivity contribution in [3.05, 3.63) is 55.4 Å². The van der Waals surface area contributed by atoms with Crippen LogP contribution in [0.4, 0.5) is 11.5 Å². The number of carboxylic acid groups (broad SMARTS) is 2. The number of pyridine rings is 1. The van der Waals surface area contributed by atoms with E-state index >= 15 is 0 Å². The molecule has 0 bridgehead atoms. The van der Waals surface area contributed by atoms with Crippen molar-refractivity contribution in [1.29, 1.82) is 5.26 Å². The number of hydrogen-bond donors (Lipinski definition) is 4. The first-order valence-electron chi connectivity index (χ1n) is 6.40. The van der Waals surface area contributed by atoms with Gasteiger partial charge in [-0.1, -0.05) is 6.07 Å². The average molecular weight is 344 g/mol. The number of nitrogens with zero attached hydrogens (tertiary/aromatic N) is 2. The molecule has 1 aromatic carbocycles. The monoisotopic (exact) mass is 344 g/mol. The van der Waals surface area contributed by atoms with E-state index in [9.17, 15) is 34.7 Å². The maximum absolute atomic E-state index is 11.9. The van der Waals surface area contributed by atoms with Crippen LogP contribution in [0.1, 0.15) is 26.3 Å². The fraction of sp³-hybridized carbons (Fsp3) is 0. The Bertz CT molecular complexity index is 1030. The molecule has 0 aliphatic heterocycles. The fourth-order valence-electron chi connectivity index (χ4n) is 2.35. The van der Waals surface area contributed by atoms with Crippen molar-refractivity contribution in [3.8, 4) is 17.2 Å². The van der Waals surface area contributed by atoms with Crippen molar-refractivity contribution in [2.24, 2.45) is 0 Å². The van der Waals surface area contributed by atoms with Crippen LogP contribution in [0.15, 0.2) is 23.0 Å². The van der Waals surface area contributed by atoms with E-state index in [1.807, 2.05) is 4.98 Å². The zero-order chi connectivity index (χ0) is 18.9. The summed E-state index contributed by atoms with van der Waals surface area (Å²) >= 11 is 0. The highest BCUT2D eigenvalue weighted by Gasteiger charge is 2.32. The number of nitrogen functional groups attached to an aromatic ring is 1. The van der Waals surface area contributed by atoms with E-state index in [0.29, 0.717) is 0 Å². The van der Waals surface area contributed by atoms with Crippen LogP contribution in [-0.2, 0) is 0 Å². The summed E-state index contributed by atoms with van der Waals surface area (Å²) in [6, 6.07) is 4.88. The molecular formula is C14H8N4O7. The molecule has 1 heterocycles. The average Bonchev–Trinajstić information content (AvgIpc) is 2.52. The summed E-state index contributed by atoms with van der Waals surface area (Å²) in [7, 11) is 0. The minimum Gasteiger partial charge on any atom is -0.478 e. The van der Waals surface area contributed by atoms with Gasteiger partial charge < -0.3 is 20.9 Å². The van der Waals surface area contributed by atoms with Gasteiger partial charge in [0, 0.05) is 5.56 Å². The maximum Gasteiger partial charge on any atom is 0.342 e. The van der Waals surface area contributed by atoms with Crippen LogP contribution in [0, 0.1) is 21.4 Å². The molecule has 0 atom stereocenters. The number of benzene rings is 1. The molecule has 0 amide bonds. The Morgan fingerprint density at radius 1 is 1.24 bits per heavy atom. The van der Waals surface area contributed by atoms with Gasteiger partial charge in [0.15, 0.2) is 0 Å². The lowest BCUT2D eigenvalue weighted by Gasteiger charge is -2.12. The predicted molar refractivity (Wildman–Crippen MR) is 82.2 cm³/mol. The van der Waals surface area contributed by atoms with E-state index in [4.69, 9.17) is 11.0 Å². The number of rotatable bonds is 4. The molecule has 0 radical (unpaired) electrons. The number of nitro benzene ring substituents is 1. The summed E-state index contributed by atoms with van der Waals surface area (Å²) < 4.78 is 0. The number of aromatic carboxylic acids is 2. The van der Waals surface area contributed by atoms with Gasteiger partial charge in [0.25, 0.3) is 11.2 Å². The minimum absolute atomic E-state index is 0.436. The number of H-pyrrole nitrogens is 1. The second-order valence-corrected chi connectivity index (χ2v) is 4.67. The molecule has 1 aromatic heterocycles. The molecule has 0 fully saturated rings. The highest BCUT2D eigenvalue weighted by molar-refractivity contribution is 6.08. The van der Waals surface area contributed by atoms with Crippen molar-refractivity contribution in [3.63, 3.8) is 0 Å². The first-order chi connectivity index (χ1) is 11.7. The van der Waals surface area contributed by atoms with Gasteiger partial charge in [0.05, 0.1) is 10.5 Å². The van der Waals surface area contributed by atoms with Gasteiger partial charge in [-0.05, 0) is 12.1 Å². The molecule has 0 saturated carbocycles. The van der Waals surface area contributed by atoms with E-state index < -0.39 is 61.7 Å². The second-order valence-electron chi connectivity index (χ2n) is 4.67. The lowest BCUT2D eigenvalue weighted by atomic mass is 9.92. The Hall–Kier alpha value is -4.20. The van der Waals surface area contributed by atoms with Crippen molar-refractivity contribution >= 4 is 23.4 Å². The van der Waals surface area contributed by atoms with Crippen LogP contribution < -0.4 is 11.3 Å². The second kappa shape index (κ2) is 6.13. The summed E-state index contributed by atoms with van der Waals surface area (Å²) in [5, 5.41) is 39.0. The lowest BCUT2D eigenvalue weighted by Crippen LogP contribution is -2.24. The lowest BCUT2D eigenvalue weighted by molar-refractivity contribution is -0.384. The van der Waals surface area contributed by atoms with E-state index in [0.717, 1.165) is 12.1 Å². The van der Waals surface area contributed by atoms with Crippen LogP contribution >= 0.6 is 0 Å². The van der Waals surface area contributed by atoms with E-state index in [1.54, 1.807) is 6.07 Å². The number of aromatic nitrogens is 1. The van der Waals surface area contributed by atoms with E-state index in [2.05, 4.69) is 0 Å². The molecule has 2 aromatic rings. The number of anilines is 1. The molecule has 0 unspecified atom stereocenters. The number of carboxylic acids is 2. The van der Waals surface area contributed by atoms with Crippen molar-refractivity contribution in [1.82, 2.24) is 4.98 Å². The highest BCUT2D eigenvalue weighted by atomic mass is 16.6. The zero-order valence-electron chi connectivity index (χ0n) is 12.1. The Morgan fingerprint density at radius 3 is 2.32 bits per heavy atom. The van der Waals surface area contributed by atoms with Gasteiger partial charge in [-0.25, -0.2) is 9.59 Å². The third kappa shape index (κ3) is 2.75. The topological polar surface area (TPSA) is 200 Å². The van der Waals surface area contributed by atoms with E-state index in [1.165, 1.54) is 6.07 Å². The first kappa shape index (κ1) is 17.2. The Kier molecular flexibility index (Phi) is 4.20. The van der Waals surface area contributed by atoms with Crippen molar-refractivity contribution in [2.45, 2.75) is 0 Å². The van der Waals surface area contributed by atoms with Crippen LogP contribution in [-0.4, -0.2) is 32.1 Å². The van der Waals surface area contributed by atoms with Crippen molar-refractivity contribution in [2.75, 3.05) is 5.73 Å². The van der Waals surface area contributed by atoms with Gasteiger partial charge in [0.1, 0.15) is 28.6 Å². The van der Waals surface area contributed by atoms with Crippen LogP contribution in [0.2, 0.25) is 0 Å². The number of nitro groups is 1. The smallest absolute Gasteiger partial charge is 0.342 e. The molecule has 2 rings (SSSR count). The Labute approximate surface area is 137 Å². The zero-order valence-corrected chi connectivity index (χ0v) is 12.1. The molecule has 11 heteroatoms. The molecule has 25 heavy (non-hydrogen) atoms. The van der Waals surface area contributed by atoms with Crippen molar-refractivity contribution < 1.29 is 24.7 Å². The highest BCUT2D eigenvalue weighted by Crippen LogP contribution is 2.37. The van der Waals surface area contributed by atoms with Gasteiger partial charge in [-0.15, -0.1) is 0 Å². The molecule has 5 N–H and O–H groups in total. The predicted octanol–water partition coefficient (Wildman–Crippen LogP) is 0.800. The minimum atomic E-state index is -1.81. The number of nitriles is 1. The summed E-state index contributed by atoms with van der Waals surface area (Å²) in [5.41, 5.74) is -0.165. The van der Waals surface area contributed by atoms with Crippen LogP contribution in [0.3, 0.4) is 0 Å². The quantitative estimate of drug-likeness (QED) is 0.457. The summed E-state index contributed by atoms with van der Waals surface area (Å²) in [5.74, 6) is -4.19. The third-order valence-electron chi connectivity index (χ3n) is 3.28. The number of nitrogens with two attached hydrogens (primary N) is 1. The number of hydrogen-bond acceptors (Lipinski definition) is 7. The third-order valence-corrected chi connectivity index (χ3v) is 3.28. The SMILES string of the molecule is N#Cc1cccc(-c2c(C(=O)O)c(N)[nH]c(=O)c2C(=O)O)c1[N+](=O)[O-]. The van der Waals surface area contributed by atoms with E-state index in [-0.39, 0.29) is 0 Å². The molecule has 126 valence electrons. The van der Waals surface area contributed by atoms with Gasteiger partial charge in [0.2, 0.25) is 0 Å². The summed E-state index contributed by atoms with van der Waals surface area (Å²) in [4.78, 5) is 47.2. The molecule has 0 saturated heterocycles. The van der Waals surface area contributed by atoms with Crippen LogP contribution in [0.5, 0.6) is 0 Å². The Balaban J connectivity index is 3.16. The summed E-state index contributed by atoms with van der Waals surface area (Å²) in [6.07, 6.45) is 0. The molecule has 0 aliphatic carbocycles. The number of nitrogens with one attached hydrogen (secondary N) is 1. The molecule has 0 spiro atoms. The standard InChI is InChI=1S/C14H8N4O7/c15-4-5-2-1-3-6(10(5)18(24)25)7-8(13(20)21)11(16)17-12(19)9(7)14(22)23/h1-3H,(H,20,21)(H,22,23)(H3,16,17,19). The first-order valence-corrected chi connectivity index (χ1v) is 6.40. The number of carbonyl (C=O) groups is 2. The number of aromatic amines is 1. The normalized spacial score (nSPS) is 10.0. The molecule has 11 nitrogen and oxygen atoms in total. The van der Waals surface area contributed by atoms with Gasteiger partial charge in [-0.2, -0.15) is 5.26 Å². The molecule has 0 aliphatic rings. The largest absolute Gasteiger partial charge is 0.478 e.